The minimum absolute atomic E-state index is 0.762. The van der Waals surface area contributed by atoms with Gasteiger partial charge in [-0.1, -0.05) is 12.2 Å². The van der Waals surface area contributed by atoms with Crippen molar-refractivity contribution >= 4 is 43.8 Å². The second kappa shape index (κ2) is 3.31. The Hall–Kier alpha value is 0.460. The zero-order chi connectivity index (χ0) is 10.2. The quantitative estimate of drug-likeness (QED) is 0.458. The summed E-state index contributed by atoms with van der Waals surface area (Å²) in [6, 6.07) is 0. The minimum atomic E-state index is -1.46. The topological polar surface area (TPSA) is 3.24 Å². The Balaban J connectivity index is 5.22. The third-order valence-electron chi connectivity index (χ3n) is 1.75. The van der Waals surface area contributed by atoms with Gasteiger partial charge in [0.25, 0.3) is 0 Å². The zero-order valence-corrected chi connectivity index (χ0v) is 11.1. The van der Waals surface area contributed by atoms with E-state index in [1.165, 1.54) is 4.99 Å². The maximum absolute atomic E-state index is 5.19. The van der Waals surface area contributed by atoms with Gasteiger partial charge in [-0.3, -0.25) is 0 Å². The van der Waals surface area contributed by atoms with E-state index in [1.54, 1.807) is 4.31 Å². The minimum Gasteiger partial charge on any atom is -0.660 e. The van der Waals surface area contributed by atoms with E-state index in [4.69, 9.17) is 25.0 Å². The van der Waals surface area contributed by atoms with Crippen molar-refractivity contribution in [3.8, 4) is 0 Å². The first-order chi connectivity index (χ1) is 5.02. The van der Waals surface area contributed by atoms with Crippen molar-refractivity contribution in [1.29, 1.82) is 0 Å². The molecule has 0 bridgehead atoms. The Labute approximate surface area is 86.9 Å². The van der Waals surface area contributed by atoms with E-state index in [0.717, 1.165) is 4.99 Å². The van der Waals surface area contributed by atoms with Crippen molar-refractivity contribution in [3.05, 3.63) is 0 Å². The molecule has 1 nitrogen and oxygen atoms in total. The maximum Gasteiger partial charge on any atom is 0.0568 e. The molecular formula is C8H18NS3-. The average molecular weight is 224 g/mol. The van der Waals surface area contributed by atoms with Gasteiger partial charge < -0.3 is 17.1 Å². The van der Waals surface area contributed by atoms with Gasteiger partial charge in [0.1, 0.15) is 0 Å². The van der Waals surface area contributed by atoms with Crippen molar-refractivity contribution in [2.75, 3.05) is 25.0 Å². The Bertz CT molecular complexity index is 249. The molecule has 0 amide bonds. The van der Waals surface area contributed by atoms with Crippen molar-refractivity contribution in [3.63, 3.8) is 0 Å². The van der Waals surface area contributed by atoms with Crippen LogP contribution in [0.2, 0.25) is 0 Å². The Morgan fingerprint density at radius 1 is 1.17 bits per heavy atom. The molecule has 0 aliphatic rings. The molecule has 0 heterocycles. The summed E-state index contributed by atoms with van der Waals surface area (Å²) < 4.78 is 1.71. The summed E-state index contributed by atoms with van der Waals surface area (Å²) in [6.07, 6.45) is 9.02. The standard InChI is InChI=1S/C8H18NS3/c1-7(10)9(11)8(2)12(3,4,5)6/h1-6H3/q-1. The molecule has 0 spiro atoms. The summed E-state index contributed by atoms with van der Waals surface area (Å²) >= 11 is 10.2. The predicted molar refractivity (Wildman–Crippen MR) is 69.4 cm³/mol. The molecule has 0 unspecified atom stereocenters. The molecule has 0 saturated heterocycles. The lowest BCUT2D eigenvalue weighted by atomic mass is 10.6. The molecule has 0 aromatic carbocycles. The van der Waals surface area contributed by atoms with Crippen molar-refractivity contribution in [1.82, 2.24) is 4.31 Å². The highest BCUT2D eigenvalue weighted by atomic mass is 32.3. The molecule has 0 aliphatic heterocycles. The molecule has 12 heavy (non-hydrogen) atoms. The van der Waals surface area contributed by atoms with Crippen LogP contribution in [0, 0.1) is 0 Å². The van der Waals surface area contributed by atoms with E-state index in [0.29, 0.717) is 0 Å². The first kappa shape index (κ1) is 12.5. The first-order valence-electron chi connectivity index (χ1n) is 3.67. The van der Waals surface area contributed by atoms with Crippen LogP contribution in [0.25, 0.3) is 0 Å². The van der Waals surface area contributed by atoms with E-state index in [9.17, 15) is 0 Å². The van der Waals surface area contributed by atoms with E-state index in [2.05, 4.69) is 31.9 Å². The molecule has 0 aliphatic carbocycles. The predicted octanol–water partition coefficient (Wildman–Crippen LogP) is 2.11. The summed E-state index contributed by atoms with van der Waals surface area (Å²) in [5.74, 6) is 0. The summed E-state index contributed by atoms with van der Waals surface area (Å²) in [5, 5.41) is 0. The number of thiocarbonyl (C=S) groups is 1. The number of hydrogen-bond donors (Lipinski definition) is 0. The van der Waals surface area contributed by atoms with Crippen LogP contribution in [-0.4, -0.2) is 39.3 Å². The van der Waals surface area contributed by atoms with Crippen molar-refractivity contribution in [2.45, 2.75) is 13.8 Å². The lowest BCUT2D eigenvalue weighted by Gasteiger charge is -2.45. The molecule has 0 rings (SSSR count). The maximum atomic E-state index is 5.19. The van der Waals surface area contributed by atoms with Crippen LogP contribution in [-0.2, 0) is 12.8 Å². The highest BCUT2D eigenvalue weighted by Crippen LogP contribution is 2.45. The highest BCUT2D eigenvalue weighted by Gasteiger charge is 2.13. The summed E-state index contributed by atoms with van der Waals surface area (Å²) in [6.45, 7) is 3.94. The average Bonchev–Trinajstić information content (AvgIpc) is 1.80. The van der Waals surface area contributed by atoms with Gasteiger partial charge in [-0.05, 0) is 38.9 Å². The molecular weight excluding hydrogens is 206 g/mol. The van der Waals surface area contributed by atoms with E-state index in [1.807, 2.05) is 6.92 Å². The third-order valence-corrected chi connectivity index (χ3v) is 5.26. The summed E-state index contributed by atoms with van der Waals surface area (Å²) in [4.78, 5) is 1.98. The van der Waals surface area contributed by atoms with Gasteiger partial charge in [-0.2, -0.15) is 0 Å². The molecule has 0 saturated carbocycles. The summed E-state index contributed by atoms with van der Waals surface area (Å²) in [5.41, 5.74) is 0. The molecule has 0 fully saturated rings. The second-order valence-corrected chi connectivity index (χ2v) is 12.7. The molecule has 0 N–H and O–H groups in total. The molecule has 0 aromatic rings. The Morgan fingerprint density at radius 2 is 1.50 bits per heavy atom. The lowest BCUT2D eigenvalue weighted by Crippen LogP contribution is -2.31. The van der Waals surface area contributed by atoms with Crippen LogP contribution in [0.1, 0.15) is 13.8 Å². The molecule has 0 aromatic heterocycles. The van der Waals surface area contributed by atoms with Crippen molar-refractivity contribution < 1.29 is 0 Å². The normalized spacial score (nSPS) is 14.8. The second-order valence-electron chi connectivity index (χ2n) is 4.60. The largest absolute Gasteiger partial charge is 0.660 e. The monoisotopic (exact) mass is 224 g/mol. The molecule has 74 valence electrons. The Kier molecular flexibility index (Phi) is 3.44. The van der Waals surface area contributed by atoms with Crippen LogP contribution in [0.3, 0.4) is 0 Å². The number of hydrogen-bond acceptors (Lipinski definition) is 2. The fraction of sp³-hybridized carbons (Fsp3) is 0.750. The van der Waals surface area contributed by atoms with Gasteiger partial charge in [0, 0.05) is 4.99 Å². The zero-order valence-electron chi connectivity index (χ0n) is 8.67. The molecule has 0 atom stereocenters. The van der Waals surface area contributed by atoms with Gasteiger partial charge in [-0.15, -0.1) is 0 Å². The summed E-state index contributed by atoms with van der Waals surface area (Å²) in [7, 11) is -1.46. The van der Waals surface area contributed by atoms with Crippen LogP contribution in [0.5, 0.6) is 0 Å². The van der Waals surface area contributed by atoms with Gasteiger partial charge >= 0.3 is 0 Å². The van der Waals surface area contributed by atoms with E-state index < -0.39 is 8.75 Å². The van der Waals surface area contributed by atoms with E-state index >= 15 is 0 Å². The van der Waals surface area contributed by atoms with Gasteiger partial charge in [0.2, 0.25) is 0 Å². The van der Waals surface area contributed by atoms with Gasteiger partial charge in [0.05, 0.1) is 4.99 Å². The number of rotatable bonds is 0. The fourth-order valence-electron chi connectivity index (χ4n) is 0.553. The van der Waals surface area contributed by atoms with E-state index in [-0.39, 0.29) is 0 Å². The SMILES string of the molecule is CC(=S)N([S-])C(C)=S(C)(C)(C)C. The fourth-order valence-corrected chi connectivity index (χ4v) is 2.44. The smallest absolute Gasteiger partial charge is 0.0568 e. The van der Waals surface area contributed by atoms with Crippen LogP contribution < -0.4 is 0 Å². The lowest BCUT2D eigenvalue weighted by molar-refractivity contribution is 1.05. The highest BCUT2D eigenvalue weighted by molar-refractivity contribution is 8.46. The van der Waals surface area contributed by atoms with Gasteiger partial charge in [-0.25, -0.2) is 8.75 Å². The first-order valence-corrected chi connectivity index (χ1v) is 8.12. The Morgan fingerprint density at radius 3 is 1.58 bits per heavy atom. The van der Waals surface area contributed by atoms with Crippen molar-refractivity contribution in [2.24, 2.45) is 0 Å². The number of nitrogens with zero attached hydrogens (tertiary/aromatic N) is 1. The molecule has 0 radical (unpaired) electrons. The van der Waals surface area contributed by atoms with Gasteiger partial charge in [0.15, 0.2) is 0 Å². The molecule has 4 heteroatoms. The van der Waals surface area contributed by atoms with Crippen LogP contribution in [0.15, 0.2) is 0 Å². The van der Waals surface area contributed by atoms with Crippen LogP contribution >= 0.6 is 21.0 Å². The third kappa shape index (κ3) is 3.46. The van der Waals surface area contributed by atoms with Crippen LogP contribution in [0.4, 0.5) is 0 Å².